The maximum absolute atomic E-state index is 2.46. The molecule has 1 heteroatoms. The second-order valence-electron chi connectivity index (χ2n) is 11.4. The molecular formula is C39H29N. The second kappa shape index (κ2) is 8.56. The molecule has 8 rings (SSSR count). The molecule has 1 aliphatic carbocycles. The lowest BCUT2D eigenvalue weighted by Crippen LogP contribution is -2.16. The van der Waals surface area contributed by atoms with Gasteiger partial charge in [0, 0.05) is 27.4 Å². The average molecular weight is 512 g/mol. The van der Waals surface area contributed by atoms with Crippen LogP contribution in [0.15, 0.2) is 140 Å². The smallest absolute Gasteiger partial charge is 0.0619 e. The summed E-state index contributed by atoms with van der Waals surface area (Å²) in [5.41, 5.74) is 14.2. The van der Waals surface area contributed by atoms with Crippen LogP contribution in [0.3, 0.4) is 0 Å². The summed E-state index contributed by atoms with van der Waals surface area (Å²) in [6.07, 6.45) is 0. The minimum Gasteiger partial charge on any atom is -0.309 e. The van der Waals surface area contributed by atoms with Crippen LogP contribution < -0.4 is 0 Å². The van der Waals surface area contributed by atoms with Crippen molar-refractivity contribution in [3.05, 3.63) is 151 Å². The zero-order chi connectivity index (χ0) is 26.8. The third kappa shape index (κ3) is 3.21. The zero-order valence-electron chi connectivity index (χ0n) is 22.7. The molecule has 0 radical (unpaired) electrons. The fourth-order valence-corrected chi connectivity index (χ4v) is 7.01. The number of rotatable bonds is 3. The Labute approximate surface area is 235 Å². The summed E-state index contributed by atoms with van der Waals surface area (Å²) in [7, 11) is 0. The summed E-state index contributed by atoms with van der Waals surface area (Å²) < 4.78 is 2.46. The van der Waals surface area contributed by atoms with Gasteiger partial charge in [-0.25, -0.2) is 0 Å². The number of hydrogen-bond donors (Lipinski definition) is 0. The van der Waals surface area contributed by atoms with Gasteiger partial charge in [-0.05, 0) is 57.1 Å². The normalized spacial score (nSPS) is 13.4. The van der Waals surface area contributed by atoms with Gasteiger partial charge in [-0.1, -0.05) is 135 Å². The summed E-state index contributed by atoms with van der Waals surface area (Å²) in [6, 6.07) is 51.0. The van der Waals surface area contributed by atoms with E-state index in [0.29, 0.717) is 0 Å². The lowest BCUT2D eigenvalue weighted by atomic mass is 9.78. The molecule has 7 aromatic rings. The van der Waals surface area contributed by atoms with Gasteiger partial charge >= 0.3 is 0 Å². The minimum absolute atomic E-state index is 0.0845. The van der Waals surface area contributed by atoms with Gasteiger partial charge in [-0.15, -0.1) is 0 Å². The van der Waals surface area contributed by atoms with E-state index in [4.69, 9.17) is 0 Å². The molecule has 0 atom stereocenters. The van der Waals surface area contributed by atoms with Crippen LogP contribution in [-0.4, -0.2) is 4.57 Å². The Morgan fingerprint density at radius 2 is 1.02 bits per heavy atom. The van der Waals surface area contributed by atoms with Crippen LogP contribution in [0, 0.1) is 0 Å². The van der Waals surface area contributed by atoms with Crippen molar-refractivity contribution in [2.45, 2.75) is 19.3 Å². The Morgan fingerprint density at radius 3 is 1.85 bits per heavy atom. The van der Waals surface area contributed by atoms with Gasteiger partial charge in [0.15, 0.2) is 0 Å². The van der Waals surface area contributed by atoms with E-state index in [1.165, 1.54) is 72.0 Å². The van der Waals surface area contributed by atoms with Gasteiger partial charge < -0.3 is 4.57 Å². The number of nitrogens with zero attached hydrogens (tertiary/aromatic N) is 1. The van der Waals surface area contributed by atoms with Crippen LogP contribution in [0.4, 0.5) is 0 Å². The van der Waals surface area contributed by atoms with E-state index in [0.717, 1.165) is 0 Å². The summed E-state index contributed by atoms with van der Waals surface area (Å²) in [4.78, 5) is 0. The predicted octanol–water partition coefficient (Wildman–Crippen LogP) is 10.4. The van der Waals surface area contributed by atoms with E-state index in [1.54, 1.807) is 0 Å². The minimum atomic E-state index is -0.0845. The Balaban J connectivity index is 1.42. The first-order valence-electron chi connectivity index (χ1n) is 14.0. The van der Waals surface area contributed by atoms with Crippen molar-refractivity contribution in [1.82, 2.24) is 4.57 Å². The molecule has 0 saturated heterocycles. The van der Waals surface area contributed by atoms with Crippen molar-refractivity contribution in [3.63, 3.8) is 0 Å². The van der Waals surface area contributed by atoms with Crippen LogP contribution >= 0.6 is 0 Å². The van der Waals surface area contributed by atoms with Gasteiger partial charge in [-0.3, -0.25) is 0 Å². The Hall–Kier alpha value is -4.88. The van der Waals surface area contributed by atoms with E-state index in [9.17, 15) is 0 Å². The molecule has 0 unspecified atom stereocenters. The van der Waals surface area contributed by atoms with Crippen molar-refractivity contribution in [2.75, 3.05) is 0 Å². The lowest BCUT2D eigenvalue weighted by molar-refractivity contribution is 0.662. The van der Waals surface area contributed by atoms with Gasteiger partial charge in [0.05, 0.1) is 11.0 Å². The first kappa shape index (κ1) is 23.0. The molecule has 40 heavy (non-hydrogen) atoms. The summed E-state index contributed by atoms with van der Waals surface area (Å²) in [5.74, 6) is 0. The highest BCUT2D eigenvalue weighted by Gasteiger charge is 2.37. The van der Waals surface area contributed by atoms with Crippen LogP contribution in [-0.2, 0) is 5.41 Å². The average Bonchev–Trinajstić information content (AvgIpc) is 3.47. The van der Waals surface area contributed by atoms with Crippen LogP contribution in [0.2, 0.25) is 0 Å². The third-order valence-corrected chi connectivity index (χ3v) is 8.80. The molecule has 1 aliphatic rings. The maximum atomic E-state index is 2.46. The molecule has 0 saturated carbocycles. The van der Waals surface area contributed by atoms with E-state index in [1.807, 2.05) is 0 Å². The molecule has 0 fully saturated rings. The predicted molar refractivity (Wildman–Crippen MR) is 169 cm³/mol. The lowest BCUT2D eigenvalue weighted by Gasteiger charge is -2.25. The SMILES string of the molecule is CC1(C)c2ccccc2-c2cccc(-c3cccc4c5ccccc5n(-c5ccc(-c6ccccc6)cc5)c34)c21. The second-order valence-corrected chi connectivity index (χ2v) is 11.4. The van der Waals surface area contributed by atoms with Crippen LogP contribution in [0.25, 0.3) is 60.9 Å². The fourth-order valence-electron chi connectivity index (χ4n) is 7.01. The van der Waals surface area contributed by atoms with Crippen molar-refractivity contribution in [2.24, 2.45) is 0 Å². The largest absolute Gasteiger partial charge is 0.309 e. The number of hydrogen-bond acceptors (Lipinski definition) is 0. The first-order chi connectivity index (χ1) is 19.6. The van der Waals surface area contributed by atoms with E-state index < -0.39 is 0 Å². The molecule has 0 spiro atoms. The zero-order valence-corrected chi connectivity index (χ0v) is 22.7. The summed E-state index contributed by atoms with van der Waals surface area (Å²) in [6.45, 7) is 4.75. The molecule has 0 aliphatic heterocycles. The van der Waals surface area contributed by atoms with Crippen molar-refractivity contribution >= 4 is 21.8 Å². The summed E-state index contributed by atoms with van der Waals surface area (Å²) in [5, 5.41) is 2.56. The Morgan fingerprint density at radius 1 is 0.450 bits per heavy atom. The van der Waals surface area contributed by atoms with Crippen LogP contribution in [0.1, 0.15) is 25.0 Å². The highest BCUT2D eigenvalue weighted by molar-refractivity contribution is 6.14. The van der Waals surface area contributed by atoms with E-state index >= 15 is 0 Å². The molecule has 6 aromatic carbocycles. The fraction of sp³-hybridized carbons (Fsp3) is 0.0769. The molecule has 1 aromatic heterocycles. The van der Waals surface area contributed by atoms with Crippen LogP contribution in [0.5, 0.6) is 0 Å². The van der Waals surface area contributed by atoms with Gasteiger partial charge in [0.1, 0.15) is 0 Å². The molecular weight excluding hydrogens is 482 g/mol. The van der Waals surface area contributed by atoms with E-state index in [2.05, 4.69) is 158 Å². The van der Waals surface area contributed by atoms with E-state index in [-0.39, 0.29) is 5.41 Å². The maximum Gasteiger partial charge on any atom is 0.0619 e. The molecule has 0 bridgehead atoms. The summed E-state index contributed by atoms with van der Waals surface area (Å²) >= 11 is 0. The molecule has 0 amide bonds. The highest BCUT2D eigenvalue weighted by atomic mass is 15.0. The Bertz CT molecular complexity index is 2060. The number of fused-ring (bicyclic) bond motifs is 6. The first-order valence-corrected chi connectivity index (χ1v) is 14.0. The third-order valence-electron chi connectivity index (χ3n) is 8.80. The highest BCUT2D eigenvalue weighted by Crippen LogP contribution is 2.53. The molecule has 1 heterocycles. The topological polar surface area (TPSA) is 4.93 Å². The standard InChI is InChI=1S/C39H29N/c1-39(2)35-20-8-6-14-29(35)31-16-10-17-32(37(31)39)34-19-11-18-33-30-15-7-9-21-36(30)40(38(33)34)28-24-22-27(23-25-28)26-12-4-3-5-13-26/h3-25H,1-2H3. The molecule has 0 N–H and O–H groups in total. The number of benzene rings is 6. The molecule has 1 nitrogen and oxygen atoms in total. The van der Waals surface area contributed by atoms with Crippen molar-refractivity contribution in [3.8, 4) is 39.1 Å². The monoisotopic (exact) mass is 511 g/mol. The molecule has 190 valence electrons. The number of aromatic nitrogens is 1. The number of para-hydroxylation sites is 2. The Kier molecular flexibility index (Phi) is 4.93. The van der Waals surface area contributed by atoms with Gasteiger partial charge in [0.2, 0.25) is 0 Å². The van der Waals surface area contributed by atoms with Gasteiger partial charge in [-0.2, -0.15) is 0 Å². The van der Waals surface area contributed by atoms with Crippen molar-refractivity contribution < 1.29 is 0 Å². The van der Waals surface area contributed by atoms with Gasteiger partial charge in [0.25, 0.3) is 0 Å². The van der Waals surface area contributed by atoms with Crippen molar-refractivity contribution in [1.29, 1.82) is 0 Å². The quantitative estimate of drug-likeness (QED) is 0.222.